The number of amides is 1. The molecular formula is C16H21N3OS. The van der Waals surface area contributed by atoms with Gasteiger partial charge in [0.1, 0.15) is 0 Å². The van der Waals surface area contributed by atoms with E-state index in [0.29, 0.717) is 5.91 Å². The van der Waals surface area contributed by atoms with Gasteiger partial charge >= 0.3 is 0 Å². The van der Waals surface area contributed by atoms with Crippen LogP contribution in [0.5, 0.6) is 0 Å². The molecule has 5 heteroatoms. The van der Waals surface area contributed by atoms with Crippen molar-refractivity contribution >= 4 is 33.1 Å². The van der Waals surface area contributed by atoms with Gasteiger partial charge in [-0.2, -0.15) is 0 Å². The lowest BCUT2D eigenvalue weighted by molar-refractivity contribution is -0.127. The molecule has 2 aromatic rings. The van der Waals surface area contributed by atoms with Crippen molar-refractivity contribution in [2.45, 2.75) is 26.2 Å². The third-order valence-electron chi connectivity index (χ3n) is 4.01. The lowest BCUT2D eigenvalue weighted by atomic mass is 10.2. The number of carbonyl (C=O) groups is 1. The van der Waals surface area contributed by atoms with Gasteiger partial charge in [0.25, 0.3) is 0 Å². The summed E-state index contributed by atoms with van der Waals surface area (Å²) in [6.07, 6.45) is 2.77. The second-order valence-corrected chi connectivity index (χ2v) is 6.88. The fraction of sp³-hybridized carbons (Fsp3) is 0.500. The largest absolute Gasteiger partial charge is 0.374 e. The molecule has 0 unspecified atom stereocenters. The topological polar surface area (TPSA) is 36.4 Å². The summed E-state index contributed by atoms with van der Waals surface area (Å²) >= 11 is 1.74. The van der Waals surface area contributed by atoms with Crippen molar-refractivity contribution in [3.63, 3.8) is 0 Å². The van der Waals surface area contributed by atoms with Crippen LogP contribution in [0.15, 0.2) is 18.2 Å². The van der Waals surface area contributed by atoms with Crippen LogP contribution in [0.25, 0.3) is 10.2 Å². The molecule has 1 aromatic carbocycles. The Hall–Kier alpha value is -1.62. The number of rotatable bonds is 5. The van der Waals surface area contributed by atoms with Crippen molar-refractivity contribution in [2.24, 2.45) is 0 Å². The zero-order valence-electron chi connectivity index (χ0n) is 12.6. The van der Waals surface area contributed by atoms with Crippen LogP contribution in [0.1, 0.15) is 24.3 Å². The van der Waals surface area contributed by atoms with Crippen molar-refractivity contribution in [1.82, 2.24) is 9.88 Å². The predicted octanol–water partition coefficient (Wildman–Crippen LogP) is 3.05. The Morgan fingerprint density at radius 3 is 3.05 bits per heavy atom. The number of anilines is 1. The van der Waals surface area contributed by atoms with Crippen molar-refractivity contribution in [3.8, 4) is 0 Å². The molecular weight excluding hydrogens is 282 g/mol. The lowest BCUT2D eigenvalue weighted by Crippen LogP contribution is -2.29. The number of hydrogen-bond donors (Lipinski definition) is 0. The summed E-state index contributed by atoms with van der Waals surface area (Å²) in [5.74, 6) is 0.319. The Kier molecular flexibility index (Phi) is 4.10. The minimum atomic E-state index is 0.319. The maximum atomic E-state index is 11.6. The van der Waals surface area contributed by atoms with Crippen LogP contribution in [-0.2, 0) is 4.79 Å². The normalized spacial score (nSPS) is 15.1. The first-order valence-corrected chi connectivity index (χ1v) is 8.31. The quantitative estimate of drug-likeness (QED) is 0.852. The van der Waals surface area contributed by atoms with Crippen molar-refractivity contribution in [1.29, 1.82) is 0 Å². The summed E-state index contributed by atoms with van der Waals surface area (Å²) in [5, 5.41) is 1.11. The minimum absolute atomic E-state index is 0.319. The smallest absolute Gasteiger partial charge is 0.222 e. The Balaban J connectivity index is 1.58. The van der Waals surface area contributed by atoms with Gasteiger partial charge < -0.3 is 9.80 Å². The van der Waals surface area contributed by atoms with E-state index < -0.39 is 0 Å². The number of hydrogen-bond acceptors (Lipinski definition) is 4. The monoisotopic (exact) mass is 303 g/mol. The van der Waals surface area contributed by atoms with E-state index >= 15 is 0 Å². The fourth-order valence-electron chi connectivity index (χ4n) is 2.83. The molecule has 1 aromatic heterocycles. The highest BCUT2D eigenvalue weighted by Gasteiger charge is 2.19. The average molecular weight is 303 g/mol. The lowest BCUT2D eigenvalue weighted by Gasteiger charge is -2.21. The van der Waals surface area contributed by atoms with Crippen LogP contribution in [-0.4, -0.2) is 42.5 Å². The predicted molar refractivity (Wildman–Crippen MR) is 88.1 cm³/mol. The summed E-state index contributed by atoms with van der Waals surface area (Å²) in [5.41, 5.74) is 2.30. The summed E-state index contributed by atoms with van der Waals surface area (Å²) in [7, 11) is 2.11. The molecule has 4 nitrogen and oxygen atoms in total. The number of fused-ring (bicyclic) bond motifs is 1. The molecule has 0 spiro atoms. The first-order chi connectivity index (χ1) is 10.1. The van der Waals surface area contributed by atoms with E-state index in [1.54, 1.807) is 11.3 Å². The molecule has 0 atom stereocenters. The SMILES string of the molecule is Cc1nc2ccc(N(C)CCCN3CCCC3=O)cc2s1. The van der Waals surface area contributed by atoms with Crippen molar-refractivity contribution < 1.29 is 4.79 Å². The second-order valence-electron chi connectivity index (χ2n) is 5.64. The molecule has 21 heavy (non-hydrogen) atoms. The third kappa shape index (κ3) is 3.18. The van der Waals surface area contributed by atoms with Crippen LogP contribution in [0, 0.1) is 6.92 Å². The molecule has 1 aliphatic heterocycles. The van der Waals surface area contributed by atoms with E-state index in [-0.39, 0.29) is 0 Å². The van der Waals surface area contributed by atoms with Crippen LogP contribution in [0.3, 0.4) is 0 Å². The van der Waals surface area contributed by atoms with E-state index in [4.69, 9.17) is 0 Å². The summed E-state index contributed by atoms with van der Waals surface area (Å²) in [6.45, 7) is 4.83. The number of aryl methyl sites for hydroxylation is 1. The second kappa shape index (κ2) is 6.02. The molecule has 112 valence electrons. The van der Waals surface area contributed by atoms with Gasteiger partial charge in [0.15, 0.2) is 0 Å². The molecule has 2 heterocycles. The number of likely N-dealkylation sites (tertiary alicyclic amines) is 1. The highest BCUT2D eigenvalue weighted by molar-refractivity contribution is 7.18. The highest BCUT2D eigenvalue weighted by atomic mass is 32.1. The van der Waals surface area contributed by atoms with E-state index in [2.05, 4.69) is 35.1 Å². The Morgan fingerprint density at radius 1 is 1.43 bits per heavy atom. The first kappa shape index (κ1) is 14.3. The summed E-state index contributed by atoms with van der Waals surface area (Å²) in [6, 6.07) is 6.43. The number of nitrogens with zero attached hydrogens (tertiary/aromatic N) is 3. The van der Waals surface area contributed by atoms with Gasteiger partial charge in [-0.1, -0.05) is 0 Å². The molecule has 0 aliphatic carbocycles. The molecule has 1 fully saturated rings. The van der Waals surface area contributed by atoms with E-state index in [1.165, 1.54) is 10.4 Å². The molecule has 1 aliphatic rings. The molecule has 0 bridgehead atoms. The summed E-state index contributed by atoms with van der Waals surface area (Å²) in [4.78, 5) is 20.3. The van der Waals surface area contributed by atoms with Crippen LogP contribution < -0.4 is 4.90 Å². The van der Waals surface area contributed by atoms with Gasteiger partial charge in [-0.15, -0.1) is 11.3 Å². The minimum Gasteiger partial charge on any atom is -0.374 e. The van der Waals surface area contributed by atoms with Crippen molar-refractivity contribution in [3.05, 3.63) is 23.2 Å². The third-order valence-corrected chi connectivity index (χ3v) is 4.95. The van der Waals surface area contributed by atoms with Gasteiger partial charge in [-0.3, -0.25) is 4.79 Å². The maximum Gasteiger partial charge on any atom is 0.222 e. The molecule has 1 saturated heterocycles. The van der Waals surface area contributed by atoms with E-state index in [9.17, 15) is 4.79 Å². The Labute approximate surface area is 129 Å². The summed E-state index contributed by atoms with van der Waals surface area (Å²) < 4.78 is 1.24. The fourth-order valence-corrected chi connectivity index (χ4v) is 3.69. The highest BCUT2D eigenvalue weighted by Crippen LogP contribution is 2.26. The zero-order valence-corrected chi connectivity index (χ0v) is 13.4. The van der Waals surface area contributed by atoms with Crippen LogP contribution in [0.4, 0.5) is 5.69 Å². The van der Waals surface area contributed by atoms with Gasteiger partial charge in [0, 0.05) is 38.8 Å². The van der Waals surface area contributed by atoms with Crippen molar-refractivity contribution in [2.75, 3.05) is 31.6 Å². The van der Waals surface area contributed by atoms with E-state index in [0.717, 1.165) is 49.4 Å². The average Bonchev–Trinajstić information content (AvgIpc) is 3.02. The Morgan fingerprint density at radius 2 is 2.29 bits per heavy atom. The number of benzene rings is 1. The van der Waals surface area contributed by atoms with Gasteiger partial charge in [0.05, 0.1) is 15.2 Å². The number of thiazole rings is 1. The number of carbonyl (C=O) groups excluding carboxylic acids is 1. The molecule has 1 amide bonds. The van der Waals surface area contributed by atoms with E-state index in [1.807, 2.05) is 11.8 Å². The van der Waals surface area contributed by atoms with Gasteiger partial charge in [-0.25, -0.2) is 4.98 Å². The number of aromatic nitrogens is 1. The van der Waals surface area contributed by atoms with Crippen LogP contribution >= 0.6 is 11.3 Å². The zero-order chi connectivity index (χ0) is 14.8. The molecule has 0 saturated carbocycles. The van der Waals surface area contributed by atoms with Crippen LogP contribution in [0.2, 0.25) is 0 Å². The maximum absolute atomic E-state index is 11.6. The molecule has 3 rings (SSSR count). The molecule has 0 radical (unpaired) electrons. The first-order valence-electron chi connectivity index (χ1n) is 7.49. The molecule has 0 N–H and O–H groups in total. The Bertz CT molecular complexity index is 652. The standard InChI is InChI=1S/C16H21N3OS/c1-12-17-14-7-6-13(11-15(14)21-12)18(2)8-4-10-19-9-3-5-16(19)20/h6-7,11H,3-5,8-10H2,1-2H3. The van der Waals surface area contributed by atoms with Gasteiger partial charge in [-0.05, 0) is 38.0 Å². The van der Waals surface area contributed by atoms with Gasteiger partial charge in [0.2, 0.25) is 5.91 Å².